The van der Waals surface area contributed by atoms with Gasteiger partial charge in [0.05, 0.1) is 23.7 Å². The van der Waals surface area contributed by atoms with E-state index in [2.05, 4.69) is 4.90 Å². The first kappa shape index (κ1) is 14.9. The van der Waals surface area contributed by atoms with Gasteiger partial charge in [-0.2, -0.15) is 0 Å². The lowest BCUT2D eigenvalue weighted by molar-refractivity contribution is -0.384. The molecule has 6 heteroatoms. The molecule has 1 aromatic rings. The Balaban J connectivity index is 2.10. The molecular weight excluding hydrogens is 260 g/mol. The maximum Gasteiger partial charge on any atom is 0.269 e. The van der Waals surface area contributed by atoms with E-state index >= 15 is 0 Å². The summed E-state index contributed by atoms with van der Waals surface area (Å²) in [6, 6.07) is 5.51. The molecule has 2 N–H and O–H groups in total. The number of benzene rings is 1. The van der Waals surface area contributed by atoms with Gasteiger partial charge in [-0.1, -0.05) is 6.42 Å². The number of non-ortho nitro benzene ring substituents is 1. The Hall–Kier alpha value is -1.50. The molecule has 0 aliphatic carbocycles. The molecule has 1 aliphatic rings. The van der Waals surface area contributed by atoms with Gasteiger partial charge in [-0.3, -0.25) is 15.0 Å². The molecule has 6 nitrogen and oxygen atoms in total. The van der Waals surface area contributed by atoms with E-state index in [1.165, 1.54) is 18.6 Å². The third kappa shape index (κ3) is 3.33. The van der Waals surface area contributed by atoms with Crippen LogP contribution < -0.4 is 0 Å². The molecule has 20 heavy (non-hydrogen) atoms. The quantitative estimate of drug-likeness (QED) is 0.630. The largest absolute Gasteiger partial charge is 0.395 e. The molecular formula is C14H20N2O4. The van der Waals surface area contributed by atoms with Crippen molar-refractivity contribution in [3.05, 3.63) is 39.9 Å². The highest BCUT2D eigenvalue weighted by Crippen LogP contribution is 2.25. The van der Waals surface area contributed by atoms with Gasteiger partial charge in [0.15, 0.2) is 0 Å². The van der Waals surface area contributed by atoms with Crippen LogP contribution in [0.4, 0.5) is 5.69 Å². The summed E-state index contributed by atoms with van der Waals surface area (Å²) in [5, 5.41) is 30.5. The fraction of sp³-hybridized carbons (Fsp3) is 0.571. The third-order valence-corrected chi connectivity index (χ3v) is 3.86. The lowest BCUT2D eigenvalue weighted by Crippen LogP contribution is -2.45. The van der Waals surface area contributed by atoms with Crippen LogP contribution >= 0.6 is 0 Å². The Labute approximate surface area is 117 Å². The first-order valence-corrected chi connectivity index (χ1v) is 6.91. The van der Waals surface area contributed by atoms with Gasteiger partial charge in [0.25, 0.3) is 5.69 Å². The molecule has 1 saturated heterocycles. The number of aliphatic hydroxyl groups is 2. The summed E-state index contributed by atoms with van der Waals surface area (Å²) in [6.07, 6.45) is 2.49. The van der Waals surface area contributed by atoms with Gasteiger partial charge in [0, 0.05) is 12.1 Å². The Bertz CT molecular complexity index is 443. The van der Waals surface area contributed by atoms with E-state index in [1.54, 1.807) is 12.1 Å². The topological polar surface area (TPSA) is 86.8 Å². The van der Waals surface area contributed by atoms with Gasteiger partial charge in [-0.15, -0.1) is 0 Å². The normalized spacial score (nSPS) is 19.5. The van der Waals surface area contributed by atoms with Crippen molar-refractivity contribution in [2.45, 2.75) is 31.4 Å². The molecule has 0 spiro atoms. The Morgan fingerprint density at radius 2 is 1.80 bits per heavy atom. The van der Waals surface area contributed by atoms with Crippen molar-refractivity contribution in [1.82, 2.24) is 4.90 Å². The van der Waals surface area contributed by atoms with Crippen molar-refractivity contribution in [1.29, 1.82) is 0 Å². The molecule has 0 aromatic heterocycles. The number of nitrogens with zero attached hydrogens (tertiary/aromatic N) is 2. The minimum absolute atomic E-state index is 0.000490. The summed E-state index contributed by atoms with van der Waals surface area (Å²) in [4.78, 5) is 12.2. The molecule has 0 amide bonds. The number of nitro groups is 1. The summed E-state index contributed by atoms with van der Waals surface area (Å²) < 4.78 is 0. The van der Waals surface area contributed by atoms with Crippen LogP contribution in [0, 0.1) is 10.1 Å². The highest BCUT2D eigenvalue weighted by molar-refractivity contribution is 5.34. The van der Waals surface area contributed by atoms with Crippen molar-refractivity contribution in [2.24, 2.45) is 0 Å². The van der Waals surface area contributed by atoms with Crippen LogP contribution in [0.15, 0.2) is 24.3 Å². The third-order valence-electron chi connectivity index (χ3n) is 3.86. The summed E-state index contributed by atoms with van der Waals surface area (Å²) >= 11 is 0. The van der Waals surface area contributed by atoms with Crippen LogP contribution in [0.1, 0.15) is 30.9 Å². The van der Waals surface area contributed by atoms with Crippen LogP contribution in [0.5, 0.6) is 0 Å². The van der Waals surface area contributed by atoms with E-state index in [9.17, 15) is 20.3 Å². The van der Waals surface area contributed by atoms with E-state index in [1.807, 2.05) is 0 Å². The van der Waals surface area contributed by atoms with Gasteiger partial charge >= 0.3 is 0 Å². The summed E-state index contributed by atoms with van der Waals surface area (Å²) in [7, 11) is 0. The molecule has 1 aromatic carbocycles. The molecule has 2 atom stereocenters. The van der Waals surface area contributed by atoms with E-state index in [4.69, 9.17) is 0 Å². The number of nitro benzene ring substituents is 1. The minimum atomic E-state index is -0.834. The SMILES string of the molecule is O=[N+]([O-])c1ccc([C@@H](O)[C@H](CO)N2CCCCC2)cc1. The monoisotopic (exact) mass is 280 g/mol. The zero-order chi connectivity index (χ0) is 14.5. The second-order valence-corrected chi connectivity index (χ2v) is 5.14. The molecule has 1 fully saturated rings. The van der Waals surface area contributed by atoms with Crippen molar-refractivity contribution in [3.8, 4) is 0 Å². The predicted octanol–water partition coefficient (Wildman–Crippen LogP) is 1.47. The average Bonchev–Trinajstić information content (AvgIpc) is 2.49. The molecule has 1 aliphatic heterocycles. The first-order valence-electron chi connectivity index (χ1n) is 6.91. The van der Waals surface area contributed by atoms with Crippen molar-refractivity contribution in [3.63, 3.8) is 0 Å². The van der Waals surface area contributed by atoms with Crippen LogP contribution in [0.25, 0.3) is 0 Å². The van der Waals surface area contributed by atoms with Gasteiger partial charge in [0.1, 0.15) is 0 Å². The number of rotatable bonds is 5. The molecule has 0 unspecified atom stereocenters. The van der Waals surface area contributed by atoms with Gasteiger partial charge in [-0.05, 0) is 43.6 Å². The minimum Gasteiger partial charge on any atom is -0.395 e. The Kier molecular flexibility index (Phi) is 5.05. The molecule has 2 rings (SSSR count). The number of piperidine rings is 1. The van der Waals surface area contributed by atoms with Crippen molar-refractivity contribution >= 4 is 5.69 Å². The van der Waals surface area contributed by atoms with Crippen LogP contribution in [0.3, 0.4) is 0 Å². The lowest BCUT2D eigenvalue weighted by Gasteiger charge is -2.36. The van der Waals surface area contributed by atoms with E-state index in [0.29, 0.717) is 5.56 Å². The fourth-order valence-corrected chi connectivity index (χ4v) is 2.68. The summed E-state index contributed by atoms with van der Waals surface area (Å²) in [5.41, 5.74) is 0.597. The highest BCUT2D eigenvalue weighted by atomic mass is 16.6. The highest BCUT2D eigenvalue weighted by Gasteiger charge is 2.27. The Morgan fingerprint density at radius 3 is 2.30 bits per heavy atom. The van der Waals surface area contributed by atoms with Crippen LogP contribution in [-0.4, -0.2) is 45.8 Å². The maximum atomic E-state index is 10.6. The summed E-state index contributed by atoms with van der Waals surface area (Å²) in [5.74, 6) is 0. The van der Waals surface area contributed by atoms with Crippen molar-refractivity contribution in [2.75, 3.05) is 19.7 Å². The van der Waals surface area contributed by atoms with E-state index < -0.39 is 11.0 Å². The lowest BCUT2D eigenvalue weighted by atomic mass is 9.99. The molecule has 110 valence electrons. The number of aliphatic hydroxyl groups excluding tert-OH is 2. The number of hydrogen-bond acceptors (Lipinski definition) is 5. The molecule has 0 bridgehead atoms. The number of hydrogen-bond donors (Lipinski definition) is 2. The number of likely N-dealkylation sites (tertiary alicyclic amines) is 1. The second-order valence-electron chi connectivity index (χ2n) is 5.14. The smallest absolute Gasteiger partial charge is 0.269 e. The van der Waals surface area contributed by atoms with E-state index in [-0.39, 0.29) is 18.3 Å². The van der Waals surface area contributed by atoms with Crippen LogP contribution in [-0.2, 0) is 0 Å². The van der Waals surface area contributed by atoms with Crippen LogP contribution in [0.2, 0.25) is 0 Å². The zero-order valence-corrected chi connectivity index (χ0v) is 11.3. The average molecular weight is 280 g/mol. The van der Waals surface area contributed by atoms with E-state index in [0.717, 1.165) is 25.9 Å². The first-order chi connectivity index (χ1) is 9.63. The molecule has 0 saturated carbocycles. The zero-order valence-electron chi connectivity index (χ0n) is 11.3. The second kappa shape index (κ2) is 6.78. The molecule has 0 radical (unpaired) electrons. The van der Waals surface area contributed by atoms with Gasteiger partial charge in [0.2, 0.25) is 0 Å². The van der Waals surface area contributed by atoms with Crippen molar-refractivity contribution < 1.29 is 15.1 Å². The standard InChI is InChI=1S/C14H20N2O4/c17-10-13(15-8-2-1-3-9-15)14(18)11-4-6-12(7-5-11)16(19)20/h4-7,13-14,17-18H,1-3,8-10H2/t13-,14+/m0/s1. The Morgan fingerprint density at radius 1 is 1.20 bits per heavy atom. The maximum absolute atomic E-state index is 10.6. The molecule has 1 heterocycles. The predicted molar refractivity (Wildman–Crippen MR) is 74.4 cm³/mol. The fourth-order valence-electron chi connectivity index (χ4n) is 2.68. The van der Waals surface area contributed by atoms with Gasteiger partial charge < -0.3 is 10.2 Å². The summed E-state index contributed by atoms with van der Waals surface area (Å²) in [6.45, 7) is 1.61. The van der Waals surface area contributed by atoms with Gasteiger partial charge in [-0.25, -0.2) is 0 Å².